The van der Waals surface area contributed by atoms with Gasteiger partial charge in [0, 0.05) is 18.5 Å². The normalized spacial score (nSPS) is 18.5. The second-order valence-electron chi connectivity index (χ2n) is 3.33. The molecule has 0 saturated carbocycles. The monoisotopic (exact) mass is 230 g/mol. The zero-order valence-corrected chi connectivity index (χ0v) is 9.22. The average Bonchev–Trinajstić information content (AvgIpc) is 2.71. The van der Waals surface area contributed by atoms with E-state index < -0.39 is 0 Å². The number of nitrogens with zero attached hydrogens (tertiary/aromatic N) is 2. The highest BCUT2D eigenvalue weighted by molar-refractivity contribution is 7.11. The highest BCUT2D eigenvalue weighted by Gasteiger charge is 2.22. The number of carbonyl (C=O) groups is 1. The van der Waals surface area contributed by atoms with Crippen molar-refractivity contribution in [2.45, 2.75) is 18.2 Å². The molecule has 0 atom stereocenters. The Balaban J connectivity index is 1.99. The average molecular weight is 231 g/mol. The minimum absolute atomic E-state index is 0.0936. The fourth-order valence-electron chi connectivity index (χ4n) is 1.53. The topological polar surface area (TPSA) is 33.2 Å². The number of halogens is 1. The van der Waals surface area contributed by atoms with Crippen LogP contribution in [0.4, 0.5) is 0 Å². The Hall–Kier alpha value is -0.610. The molecular weight excluding hydrogens is 220 g/mol. The van der Waals surface area contributed by atoms with Gasteiger partial charge in [-0.25, -0.2) is 0 Å². The molecule has 1 aliphatic rings. The number of likely N-dealkylation sites (tertiary alicyclic amines) is 1. The Kier molecular flexibility index (Phi) is 3.03. The van der Waals surface area contributed by atoms with Crippen LogP contribution in [0, 0.1) is 0 Å². The first kappa shape index (κ1) is 9.93. The Morgan fingerprint density at radius 3 is 2.86 bits per heavy atom. The first-order valence-electron chi connectivity index (χ1n) is 4.59. The van der Waals surface area contributed by atoms with Crippen LogP contribution in [0.5, 0.6) is 0 Å². The number of aromatic nitrogens is 1. The molecule has 1 aromatic heterocycles. The maximum Gasteiger partial charge on any atom is 0.265 e. The van der Waals surface area contributed by atoms with E-state index in [1.807, 2.05) is 4.90 Å². The Bertz CT molecular complexity index is 307. The predicted molar refractivity (Wildman–Crippen MR) is 56.9 cm³/mol. The summed E-state index contributed by atoms with van der Waals surface area (Å²) in [6.45, 7) is 1.54. The molecule has 0 N–H and O–H groups in total. The van der Waals surface area contributed by atoms with Gasteiger partial charge in [-0.2, -0.15) is 0 Å². The van der Waals surface area contributed by atoms with Gasteiger partial charge in [-0.15, -0.1) is 22.9 Å². The summed E-state index contributed by atoms with van der Waals surface area (Å²) in [6, 6.07) is 0. The second kappa shape index (κ2) is 4.28. The predicted octanol–water partition coefficient (Wildman–Crippen LogP) is 1.99. The molecule has 3 nitrogen and oxygen atoms in total. The van der Waals surface area contributed by atoms with Gasteiger partial charge in [-0.1, -0.05) is 0 Å². The highest BCUT2D eigenvalue weighted by Crippen LogP contribution is 2.18. The van der Waals surface area contributed by atoms with Crippen LogP contribution in [0.25, 0.3) is 0 Å². The van der Waals surface area contributed by atoms with Gasteiger partial charge in [0.2, 0.25) is 0 Å². The maximum atomic E-state index is 11.8. The number of carbonyl (C=O) groups excluding carboxylic acids is 1. The summed E-state index contributed by atoms with van der Waals surface area (Å²) in [6.07, 6.45) is 3.41. The van der Waals surface area contributed by atoms with Crippen LogP contribution < -0.4 is 0 Å². The largest absolute Gasteiger partial charge is 0.338 e. The van der Waals surface area contributed by atoms with Crippen LogP contribution in [0.3, 0.4) is 0 Å². The molecule has 76 valence electrons. The van der Waals surface area contributed by atoms with E-state index in [9.17, 15) is 4.79 Å². The molecule has 1 fully saturated rings. The van der Waals surface area contributed by atoms with Crippen molar-refractivity contribution >= 4 is 28.8 Å². The van der Waals surface area contributed by atoms with Gasteiger partial charge in [-0.3, -0.25) is 9.78 Å². The molecule has 1 aromatic rings. The van der Waals surface area contributed by atoms with Crippen molar-refractivity contribution in [3.63, 3.8) is 0 Å². The first-order valence-corrected chi connectivity index (χ1v) is 5.91. The number of hydrogen-bond donors (Lipinski definition) is 0. The Morgan fingerprint density at radius 2 is 2.29 bits per heavy atom. The minimum Gasteiger partial charge on any atom is -0.338 e. The fourth-order valence-corrected chi connectivity index (χ4v) is 2.31. The third-order valence-electron chi connectivity index (χ3n) is 2.35. The van der Waals surface area contributed by atoms with Gasteiger partial charge in [0.25, 0.3) is 5.91 Å². The standard InChI is InChI=1S/C9H11ClN2OS/c10-7-1-3-12(4-2-7)9(13)8-5-11-6-14-8/h5-7H,1-4H2. The fraction of sp³-hybridized carbons (Fsp3) is 0.556. The van der Waals surface area contributed by atoms with Crippen molar-refractivity contribution in [1.82, 2.24) is 9.88 Å². The van der Waals surface area contributed by atoms with Crippen LogP contribution in [0.15, 0.2) is 11.7 Å². The van der Waals surface area contributed by atoms with Crippen molar-refractivity contribution in [3.05, 3.63) is 16.6 Å². The summed E-state index contributed by atoms with van der Waals surface area (Å²) in [7, 11) is 0. The molecule has 1 aliphatic heterocycles. The van der Waals surface area contributed by atoms with Gasteiger partial charge in [0.05, 0.1) is 11.7 Å². The van der Waals surface area contributed by atoms with Gasteiger partial charge in [0.15, 0.2) is 0 Å². The zero-order valence-electron chi connectivity index (χ0n) is 7.65. The second-order valence-corrected chi connectivity index (χ2v) is 4.84. The van der Waals surface area contributed by atoms with Crippen LogP contribution >= 0.6 is 22.9 Å². The number of rotatable bonds is 1. The number of amides is 1. The summed E-state index contributed by atoms with van der Waals surface area (Å²) in [5.74, 6) is 0.0936. The Labute approximate surface area is 91.7 Å². The molecule has 1 amide bonds. The van der Waals surface area contributed by atoms with E-state index in [2.05, 4.69) is 4.98 Å². The van der Waals surface area contributed by atoms with E-state index in [1.165, 1.54) is 11.3 Å². The van der Waals surface area contributed by atoms with Crippen LogP contribution in [0.1, 0.15) is 22.5 Å². The SMILES string of the molecule is O=C(c1cncs1)N1CCC(Cl)CC1. The molecule has 0 aliphatic carbocycles. The lowest BCUT2D eigenvalue weighted by molar-refractivity contribution is 0.0731. The number of hydrogen-bond acceptors (Lipinski definition) is 3. The van der Waals surface area contributed by atoms with Crippen molar-refractivity contribution in [1.29, 1.82) is 0 Å². The van der Waals surface area contributed by atoms with E-state index in [4.69, 9.17) is 11.6 Å². The number of thiazole rings is 1. The lowest BCUT2D eigenvalue weighted by atomic mass is 10.1. The Morgan fingerprint density at radius 1 is 1.57 bits per heavy atom. The van der Waals surface area contributed by atoms with Gasteiger partial charge >= 0.3 is 0 Å². The van der Waals surface area contributed by atoms with E-state index >= 15 is 0 Å². The minimum atomic E-state index is 0.0936. The number of piperidine rings is 1. The molecule has 2 heterocycles. The summed E-state index contributed by atoms with van der Waals surface area (Å²) in [5.41, 5.74) is 1.68. The molecule has 5 heteroatoms. The molecule has 0 radical (unpaired) electrons. The summed E-state index contributed by atoms with van der Waals surface area (Å²) in [5, 5.41) is 0.237. The summed E-state index contributed by atoms with van der Waals surface area (Å²) >= 11 is 7.35. The van der Waals surface area contributed by atoms with Gasteiger partial charge < -0.3 is 4.90 Å². The third kappa shape index (κ3) is 2.07. The van der Waals surface area contributed by atoms with E-state index in [0.29, 0.717) is 0 Å². The molecule has 0 spiro atoms. The number of alkyl halides is 1. The van der Waals surface area contributed by atoms with Gasteiger partial charge in [0.1, 0.15) is 4.88 Å². The van der Waals surface area contributed by atoms with Crippen LogP contribution in [-0.2, 0) is 0 Å². The third-order valence-corrected chi connectivity index (χ3v) is 3.55. The molecule has 0 bridgehead atoms. The maximum absolute atomic E-state index is 11.8. The van der Waals surface area contributed by atoms with Crippen molar-refractivity contribution in [2.24, 2.45) is 0 Å². The summed E-state index contributed by atoms with van der Waals surface area (Å²) < 4.78 is 0. The van der Waals surface area contributed by atoms with Crippen LogP contribution in [-0.4, -0.2) is 34.3 Å². The molecule has 2 rings (SSSR count). The van der Waals surface area contributed by atoms with Crippen molar-refractivity contribution in [3.8, 4) is 0 Å². The smallest absolute Gasteiger partial charge is 0.265 e. The lowest BCUT2D eigenvalue weighted by Gasteiger charge is -2.28. The first-order chi connectivity index (χ1) is 6.77. The summed E-state index contributed by atoms with van der Waals surface area (Å²) in [4.78, 5) is 18.3. The molecule has 1 saturated heterocycles. The quantitative estimate of drug-likeness (QED) is 0.692. The van der Waals surface area contributed by atoms with E-state index in [-0.39, 0.29) is 11.3 Å². The van der Waals surface area contributed by atoms with E-state index in [0.717, 1.165) is 30.8 Å². The molecular formula is C9H11ClN2OS. The van der Waals surface area contributed by atoms with Crippen molar-refractivity contribution in [2.75, 3.05) is 13.1 Å². The molecule has 0 unspecified atom stereocenters. The van der Waals surface area contributed by atoms with Crippen molar-refractivity contribution < 1.29 is 4.79 Å². The molecule has 14 heavy (non-hydrogen) atoms. The lowest BCUT2D eigenvalue weighted by Crippen LogP contribution is -2.38. The zero-order chi connectivity index (χ0) is 9.97. The van der Waals surface area contributed by atoms with E-state index in [1.54, 1.807) is 11.7 Å². The van der Waals surface area contributed by atoms with Gasteiger partial charge in [-0.05, 0) is 12.8 Å². The highest BCUT2D eigenvalue weighted by atomic mass is 35.5. The van der Waals surface area contributed by atoms with Crippen LogP contribution in [0.2, 0.25) is 0 Å². The molecule has 0 aromatic carbocycles.